The van der Waals surface area contributed by atoms with E-state index in [1.807, 2.05) is 24.3 Å². The summed E-state index contributed by atoms with van der Waals surface area (Å²) in [5, 5.41) is 1.50. The monoisotopic (exact) mass is 427 g/mol. The van der Waals surface area contributed by atoms with Crippen molar-refractivity contribution in [1.29, 1.82) is 0 Å². The molecule has 0 spiro atoms. The highest BCUT2D eigenvalue weighted by atomic mass is 79.9. The largest absolute Gasteiger partial charge is 0.463 e. The van der Waals surface area contributed by atoms with Crippen LogP contribution in [0.3, 0.4) is 0 Å². The van der Waals surface area contributed by atoms with Crippen LogP contribution >= 0.6 is 15.9 Å². The summed E-state index contributed by atoms with van der Waals surface area (Å²) in [6, 6.07) is 7.39. The summed E-state index contributed by atoms with van der Waals surface area (Å²) in [5.41, 5.74) is -1.16. The number of halogens is 1. The summed E-state index contributed by atoms with van der Waals surface area (Å²) >= 11 is 3.43. The Kier molecular flexibility index (Phi) is 5.84. The summed E-state index contributed by atoms with van der Waals surface area (Å²) in [6.45, 7) is 4.20. The molecule has 2 aliphatic rings. The van der Waals surface area contributed by atoms with Gasteiger partial charge in [-0.2, -0.15) is 0 Å². The van der Waals surface area contributed by atoms with Gasteiger partial charge in [0.15, 0.2) is 6.23 Å². The van der Waals surface area contributed by atoms with Crippen LogP contribution in [0.2, 0.25) is 0 Å². The molecule has 2 aliphatic heterocycles. The molecule has 0 aliphatic carbocycles. The number of hydrogen-bond donors (Lipinski definition) is 0. The van der Waals surface area contributed by atoms with Gasteiger partial charge in [0.05, 0.1) is 18.9 Å². The van der Waals surface area contributed by atoms with Crippen molar-refractivity contribution in [3.8, 4) is 0 Å². The van der Waals surface area contributed by atoms with Crippen molar-refractivity contribution in [1.82, 2.24) is 0 Å². The molecule has 142 valence electrons. The molecule has 0 amide bonds. The standard InChI is InChI=1S/C18H22BrNO6/c1-3-23-16(21)18(17(22)24-4-2)11-12-8-9-25-15(12)20(26-18)14-7-5-6-13(19)10-14/h5-7,10,12,15H,3-4,8-9,11H2,1-2H3. The SMILES string of the molecule is CCOC(=O)C1(C(=O)OCC)CC2CCOC2N(c2cccc(Br)c2)O1. The molecule has 2 unspecified atom stereocenters. The lowest BCUT2D eigenvalue weighted by Crippen LogP contribution is -2.62. The highest BCUT2D eigenvalue weighted by Crippen LogP contribution is 2.43. The molecule has 7 nitrogen and oxygen atoms in total. The summed E-state index contributed by atoms with van der Waals surface area (Å²) < 4.78 is 17.0. The molecule has 1 aromatic rings. The molecule has 0 radical (unpaired) electrons. The maximum atomic E-state index is 12.7. The normalized spacial score (nSPS) is 24.0. The third kappa shape index (κ3) is 3.45. The zero-order valence-corrected chi connectivity index (χ0v) is 16.4. The smallest absolute Gasteiger partial charge is 0.353 e. The van der Waals surface area contributed by atoms with Crippen LogP contribution in [0.4, 0.5) is 5.69 Å². The quantitative estimate of drug-likeness (QED) is 0.528. The third-order valence-electron chi connectivity index (χ3n) is 4.49. The fourth-order valence-electron chi connectivity index (χ4n) is 3.34. The Balaban J connectivity index is 2.02. The number of ether oxygens (including phenoxy) is 3. The minimum Gasteiger partial charge on any atom is -0.463 e. The zero-order valence-electron chi connectivity index (χ0n) is 14.8. The van der Waals surface area contributed by atoms with Gasteiger partial charge in [0, 0.05) is 23.4 Å². The molecule has 2 atom stereocenters. The van der Waals surface area contributed by atoms with Gasteiger partial charge in [-0.05, 0) is 38.5 Å². The Morgan fingerprint density at radius 3 is 2.58 bits per heavy atom. The van der Waals surface area contributed by atoms with E-state index < -0.39 is 17.5 Å². The summed E-state index contributed by atoms with van der Waals surface area (Å²) in [5.74, 6) is -1.52. The molecular weight excluding hydrogens is 406 g/mol. The minimum atomic E-state index is -1.83. The van der Waals surface area contributed by atoms with E-state index in [0.717, 1.165) is 10.9 Å². The lowest BCUT2D eigenvalue weighted by Gasteiger charge is -2.44. The van der Waals surface area contributed by atoms with Crippen LogP contribution in [-0.4, -0.2) is 43.6 Å². The van der Waals surface area contributed by atoms with E-state index in [0.29, 0.717) is 12.3 Å². The second-order valence-electron chi connectivity index (χ2n) is 6.18. The number of anilines is 1. The van der Waals surface area contributed by atoms with Crippen LogP contribution in [0.1, 0.15) is 26.7 Å². The lowest BCUT2D eigenvalue weighted by atomic mass is 9.86. The van der Waals surface area contributed by atoms with Crippen LogP contribution in [0.25, 0.3) is 0 Å². The average molecular weight is 428 g/mol. The number of esters is 2. The van der Waals surface area contributed by atoms with E-state index in [9.17, 15) is 9.59 Å². The van der Waals surface area contributed by atoms with Crippen molar-refractivity contribution in [3.05, 3.63) is 28.7 Å². The molecule has 0 bridgehead atoms. The van der Waals surface area contributed by atoms with Crippen LogP contribution in [0.5, 0.6) is 0 Å². The van der Waals surface area contributed by atoms with Crippen molar-refractivity contribution in [3.63, 3.8) is 0 Å². The predicted octanol–water partition coefficient (Wildman–Crippen LogP) is 2.82. The van der Waals surface area contributed by atoms with Crippen LogP contribution in [-0.2, 0) is 28.6 Å². The molecule has 3 rings (SSSR count). The van der Waals surface area contributed by atoms with Crippen molar-refractivity contribution >= 4 is 33.6 Å². The number of fused-ring (bicyclic) bond motifs is 1. The van der Waals surface area contributed by atoms with Gasteiger partial charge in [-0.15, -0.1) is 0 Å². The Hall–Kier alpha value is -1.64. The predicted molar refractivity (Wildman–Crippen MR) is 96.2 cm³/mol. The molecule has 8 heteroatoms. The molecular formula is C18H22BrNO6. The fourth-order valence-corrected chi connectivity index (χ4v) is 3.73. The molecule has 1 aromatic carbocycles. The Morgan fingerprint density at radius 2 is 1.96 bits per heavy atom. The summed E-state index contributed by atoms with van der Waals surface area (Å²) in [6.07, 6.45) is 0.514. The molecule has 26 heavy (non-hydrogen) atoms. The number of hydroxylamine groups is 1. The van der Waals surface area contributed by atoms with Crippen LogP contribution in [0, 0.1) is 5.92 Å². The van der Waals surface area contributed by atoms with Crippen molar-refractivity contribution in [2.24, 2.45) is 5.92 Å². The third-order valence-corrected chi connectivity index (χ3v) is 4.98. The average Bonchev–Trinajstić information content (AvgIpc) is 3.09. The first-order valence-electron chi connectivity index (χ1n) is 8.71. The van der Waals surface area contributed by atoms with E-state index in [4.69, 9.17) is 19.0 Å². The van der Waals surface area contributed by atoms with E-state index in [1.165, 1.54) is 5.06 Å². The first-order chi connectivity index (χ1) is 12.5. The van der Waals surface area contributed by atoms with Gasteiger partial charge in [0.25, 0.3) is 5.60 Å². The Morgan fingerprint density at radius 1 is 1.27 bits per heavy atom. The second kappa shape index (κ2) is 7.94. The van der Waals surface area contributed by atoms with Crippen molar-refractivity contribution < 1.29 is 28.6 Å². The van der Waals surface area contributed by atoms with E-state index >= 15 is 0 Å². The summed E-state index contributed by atoms with van der Waals surface area (Å²) in [7, 11) is 0. The van der Waals surface area contributed by atoms with E-state index in [-0.39, 0.29) is 31.8 Å². The van der Waals surface area contributed by atoms with Gasteiger partial charge in [-0.1, -0.05) is 22.0 Å². The first-order valence-corrected chi connectivity index (χ1v) is 9.51. The van der Waals surface area contributed by atoms with E-state index in [1.54, 1.807) is 13.8 Å². The minimum absolute atomic E-state index is 0.0588. The van der Waals surface area contributed by atoms with Crippen molar-refractivity contribution in [2.75, 3.05) is 24.9 Å². The number of benzene rings is 1. The number of hydrogen-bond acceptors (Lipinski definition) is 7. The summed E-state index contributed by atoms with van der Waals surface area (Å²) in [4.78, 5) is 31.5. The fraction of sp³-hybridized carbons (Fsp3) is 0.556. The number of carbonyl (C=O) groups excluding carboxylic acids is 2. The van der Waals surface area contributed by atoms with Gasteiger partial charge in [-0.3, -0.25) is 0 Å². The Labute approximate surface area is 160 Å². The zero-order chi connectivity index (χ0) is 18.7. The molecule has 2 heterocycles. The molecule has 2 fully saturated rings. The maximum Gasteiger partial charge on any atom is 0.353 e. The molecule has 0 aromatic heterocycles. The van der Waals surface area contributed by atoms with E-state index in [2.05, 4.69) is 15.9 Å². The van der Waals surface area contributed by atoms with Crippen molar-refractivity contribution in [2.45, 2.75) is 38.5 Å². The highest BCUT2D eigenvalue weighted by molar-refractivity contribution is 9.10. The number of nitrogens with zero attached hydrogens (tertiary/aromatic N) is 1. The van der Waals surface area contributed by atoms with Gasteiger partial charge in [0.2, 0.25) is 0 Å². The highest BCUT2D eigenvalue weighted by Gasteiger charge is 2.60. The van der Waals surface area contributed by atoms with Gasteiger partial charge in [0.1, 0.15) is 0 Å². The first kappa shape index (κ1) is 19.1. The van der Waals surface area contributed by atoms with Crippen LogP contribution in [0.15, 0.2) is 28.7 Å². The van der Waals surface area contributed by atoms with Gasteiger partial charge >= 0.3 is 11.9 Å². The number of carbonyl (C=O) groups is 2. The Bertz CT molecular complexity index is 663. The lowest BCUT2D eigenvalue weighted by molar-refractivity contribution is -0.212. The topological polar surface area (TPSA) is 74.3 Å². The van der Waals surface area contributed by atoms with Crippen LogP contribution < -0.4 is 5.06 Å². The molecule has 2 saturated heterocycles. The maximum absolute atomic E-state index is 12.7. The number of rotatable bonds is 5. The molecule has 0 N–H and O–H groups in total. The second-order valence-corrected chi connectivity index (χ2v) is 7.09. The molecule has 0 saturated carbocycles. The van der Waals surface area contributed by atoms with Gasteiger partial charge < -0.3 is 14.2 Å². The van der Waals surface area contributed by atoms with Gasteiger partial charge in [-0.25, -0.2) is 19.5 Å².